The van der Waals surface area contributed by atoms with Gasteiger partial charge in [0.15, 0.2) is 0 Å². The van der Waals surface area contributed by atoms with Gasteiger partial charge in [-0.15, -0.1) is 0 Å². The molecule has 0 aliphatic carbocycles. The van der Waals surface area contributed by atoms with Crippen LogP contribution in [0.15, 0.2) is 12.2 Å². The van der Waals surface area contributed by atoms with Crippen molar-refractivity contribution >= 4 is 11.9 Å². The van der Waals surface area contributed by atoms with E-state index >= 15 is 0 Å². The van der Waals surface area contributed by atoms with Gasteiger partial charge >= 0.3 is 11.9 Å². The van der Waals surface area contributed by atoms with Gasteiger partial charge in [-0.05, 0) is 73.6 Å². The summed E-state index contributed by atoms with van der Waals surface area (Å²) in [5.74, 6) is -0.157. The fourth-order valence-electron chi connectivity index (χ4n) is 3.51. The molecule has 0 radical (unpaired) electrons. The molecular formula is C28H52O4. The second-order valence-electron chi connectivity index (χ2n) is 11.0. The van der Waals surface area contributed by atoms with Crippen molar-refractivity contribution in [2.75, 3.05) is 0 Å². The van der Waals surface area contributed by atoms with E-state index in [4.69, 9.17) is 9.47 Å². The van der Waals surface area contributed by atoms with Crippen LogP contribution in [0.3, 0.4) is 0 Å². The van der Waals surface area contributed by atoms with Crippen LogP contribution in [-0.2, 0) is 19.1 Å². The molecule has 0 amide bonds. The molecule has 0 fully saturated rings. The van der Waals surface area contributed by atoms with E-state index in [1.807, 2.05) is 41.5 Å². The molecule has 0 spiro atoms. The highest BCUT2D eigenvalue weighted by atomic mass is 16.6. The van der Waals surface area contributed by atoms with Crippen molar-refractivity contribution in [3.05, 3.63) is 12.2 Å². The Bertz CT molecular complexity index is 509. The van der Waals surface area contributed by atoms with Crippen molar-refractivity contribution in [2.24, 2.45) is 0 Å². The summed E-state index contributed by atoms with van der Waals surface area (Å²) < 4.78 is 10.6. The Balaban J connectivity index is 3.30. The maximum absolute atomic E-state index is 11.6. The smallest absolute Gasteiger partial charge is 0.306 e. The Morgan fingerprint density at radius 1 is 0.500 bits per heavy atom. The number of rotatable bonds is 18. The zero-order chi connectivity index (χ0) is 24.3. The molecule has 0 rings (SSSR count). The molecule has 0 unspecified atom stereocenters. The van der Waals surface area contributed by atoms with Crippen molar-refractivity contribution in [1.82, 2.24) is 0 Å². The van der Waals surface area contributed by atoms with E-state index in [-0.39, 0.29) is 23.1 Å². The molecule has 0 N–H and O–H groups in total. The zero-order valence-electron chi connectivity index (χ0n) is 22.1. The first-order valence-corrected chi connectivity index (χ1v) is 13.1. The molecule has 0 atom stereocenters. The van der Waals surface area contributed by atoms with E-state index in [0.717, 1.165) is 32.1 Å². The molecule has 0 aliphatic heterocycles. The van der Waals surface area contributed by atoms with Crippen LogP contribution in [0.2, 0.25) is 0 Å². The first-order chi connectivity index (χ1) is 15.0. The van der Waals surface area contributed by atoms with Gasteiger partial charge < -0.3 is 9.47 Å². The number of hydrogen-bond donors (Lipinski definition) is 0. The normalized spacial score (nSPS) is 12.3. The number of carbonyl (C=O) groups is 2. The van der Waals surface area contributed by atoms with Crippen LogP contribution in [0, 0.1) is 0 Å². The molecule has 4 heteroatoms. The van der Waals surface area contributed by atoms with Gasteiger partial charge in [-0.3, -0.25) is 9.59 Å². The molecule has 188 valence electrons. The second kappa shape index (κ2) is 18.1. The average molecular weight is 453 g/mol. The first kappa shape index (κ1) is 30.7. The van der Waals surface area contributed by atoms with Gasteiger partial charge in [0.25, 0.3) is 0 Å². The summed E-state index contributed by atoms with van der Waals surface area (Å²) in [5.41, 5.74) is -0.740. The van der Waals surface area contributed by atoms with Crippen LogP contribution in [0.1, 0.15) is 144 Å². The SMILES string of the molecule is CC(C)(C)OC(=O)CCC/C=C/CCCCCCCCCCCCCC(=O)OC(C)(C)C. The number of ether oxygens (including phenoxy) is 2. The van der Waals surface area contributed by atoms with Gasteiger partial charge in [-0.1, -0.05) is 69.9 Å². The molecule has 4 nitrogen and oxygen atoms in total. The van der Waals surface area contributed by atoms with Gasteiger partial charge in [-0.2, -0.15) is 0 Å². The van der Waals surface area contributed by atoms with E-state index in [2.05, 4.69) is 12.2 Å². The number of hydrogen-bond acceptors (Lipinski definition) is 4. The highest BCUT2D eigenvalue weighted by Crippen LogP contribution is 2.14. The summed E-state index contributed by atoms with van der Waals surface area (Å²) >= 11 is 0. The van der Waals surface area contributed by atoms with Crippen LogP contribution in [-0.4, -0.2) is 23.1 Å². The third-order valence-electron chi connectivity index (χ3n) is 5.01. The van der Waals surface area contributed by atoms with E-state index in [1.54, 1.807) is 0 Å². The molecule has 0 aromatic rings. The summed E-state index contributed by atoms with van der Waals surface area (Å²) in [7, 11) is 0. The number of allylic oxidation sites excluding steroid dienone is 2. The van der Waals surface area contributed by atoms with Gasteiger partial charge in [0.05, 0.1) is 0 Å². The number of unbranched alkanes of at least 4 members (excludes halogenated alkanes) is 12. The monoisotopic (exact) mass is 452 g/mol. The zero-order valence-corrected chi connectivity index (χ0v) is 22.1. The minimum Gasteiger partial charge on any atom is -0.460 e. The van der Waals surface area contributed by atoms with E-state index in [0.29, 0.717) is 12.8 Å². The largest absolute Gasteiger partial charge is 0.460 e. The molecule has 0 saturated heterocycles. The quantitative estimate of drug-likeness (QED) is 0.119. The third kappa shape index (κ3) is 24.9. The Labute approximate surface area is 198 Å². The van der Waals surface area contributed by atoms with Crippen molar-refractivity contribution in [1.29, 1.82) is 0 Å². The van der Waals surface area contributed by atoms with Gasteiger partial charge in [-0.25, -0.2) is 0 Å². The van der Waals surface area contributed by atoms with Crippen molar-refractivity contribution < 1.29 is 19.1 Å². The molecule has 0 aromatic carbocycles. The summed E-state index contributed by atoms with van der Waals surface area (Å²) in [5, 5.41) is 0. The highest BCUT2D eigenvalue weighted by Gasteiger charge is 2.16. The van der Waals surface area contributed by atoms with Gasteiger partial charge in [0.1, 0.15) is 11.2 Å². The minimum absolute atomic E-state index is 0.0637. The second-order valence-corrected chi connectivity index (χ2v) is 11.0. The van der Waals surface area contributed by atoms with Crippen LogP contribution in [0.25, 0.3) is 0 Å². The molecular weight excluding hydrogens is 400 g/mol. The molecule has 0 saturated carbocycles. The molecule has 0 aromatic heterocycles. The Kier molecular flexibility index (Phi) is 17.4. The fourth-order valence-corrected chi connectivity index (χ4v) is 3.51. The maximum Gasteiger partial charge on any atom is 0.306 e. The van der Waals surface area contributed by atoms with E-state index in [9.17, 15) is 9.59 Å². The standard InChI is InChI=1S/C28H52O4/c1-27(2,3)31-25(29)23-21-19-17-15-13-11-9-7-8-10-12-14-16-18-20-22-24-26(30)32-28(4,5)6/h15,17H,7-14,16,18-24H2,1-6H3/b17-15+. The van der Waals surface area contributed by atoms with Crippen LogP contribution in [0.5, 0.6) is 0 Å². The van der Waals surface area contributed by atoms with Crippen LogP contribution >= 0.6 is 0 Å². The summed E-state index contributed by atoms with van der Waals surface area (Å²) in [6.45, 7) is 11.5. The molecule has 0 aliphatic rings. The minimum atomic E-state index is -0.378. The lowest BCUT2D eigenvalue weighted by atomic mass is 10.0. The van der Waals surface area contributed by atoms with Crippen molar-refractivity contribution in [2.45, 2.75) is 155 Å². The molecule has 32 heavy (non-hydrogen) atoms. The first-order valence-electron chi connectivity index (χ1n) is 13.1. The lowest BCUT2D eigenvalue weighted by Crippen LogP contribution is -2.23. The van der Waals surface area contributed by atoms with Gasteiger partial charge in [0, 0.05) is 12.8 Å². The number of esters is 2. The fraction of sp³-hybridized carbons (Fsp3) is 0.857. The summed E-state index contributed by atoms with van der Waals surface area (Å²) in [4.78, 5) is 23.3. The summed E-state index contributed by atoms with van der Waals surface area (Å²) in [6, 6.07) is 0. The van der Waals surface area contributed by atoms with Crippen LogP contribution in [0.4, 0.5) is 0 Å². The molecule has 0 heterocycles. The lowest BCUT2D eigenvalue weighted by Gasteiger charge is -2.19. The number of carbonyl (C=O) groups excluding carboxylic acids is 2. The lowest BCUT2D eigenvalue weighted by molar-refractivity contribution is -0.156. The van der Waals surface area contributed by atoms with Crippen molar-refractivity contribution in [3.63, 3.8) is 0 Å². The Morgan fingerprint density at radius 3 is 1.22 bits per heavy atom. The van der Waals surface area contributed by atoms with E-state index in [1.165, 1.54) is 57.8 Å². The van der Waals surface area contributed by atoms with E-state index < -0.39 is 0 Å². The predicted octanol–water partition coefficient (Wildman–Crippen LogP) is 8.47. The van der Waals surface area contributed by atoms with Gasteiger partial charge in [0.2, 0.25) is 0 Å². The summed E-state index contributed by atoms with van der Waals surface area (Å²) in [6.07, 6.45) is 22.4. The maximum atomic E-state index is 11.6. The average Bonchev–Trinajstić information content (AvgIpc) is 2.64. The third-order valence-corrected chi connectivity index (χ3v) is 5.01. The molecule has 0 bridgehead atoms. The Hall–Kier alpha value is -1.32. The highest BCUT2D eigenvalue weighted by molar-refractivity contribution is 5.70. The Morgan fingerprint density at radius 2 is 0.812 bits per heavy atom. The topological polar surface area (TPSA) is 52.6 Å². The van der Waals surface area contributed by atoms with Crippen molar-refractivity contribution in [3.8, 4) is 0 Å². The predicted molar refractivity (Wildman–Crippen MR) is 135 cm³/mol. The van der Waals surface area contributed by atoms with Crippen LogP contribution < -0.4 is 0 Å².